The number of carboxylic acids is 1. The first-order valence-corrected chi connectivity index (χ1v) is 15.8. The number of unbranched alkanes of at least 4 members (excludes halogenated alkanes) is 12. The van der Waals surface area contributed by atoms with Crippen LogP contribution in [-0.4, -0.2) is 38.7 Å². The van der Waals surface area contributed by atoms with Gasteiger partial charge in [-0.1, -0.05) is 82.8 Å². The molecule has 0 aliphatic heterocycles. The van der Waals surface area contributed by atoms with Gasteiger partial charge in [-0.15, -0.1) is 11.8 Å². The summed E-state index contributed by atoms with van der Waals surface area (Å²) in [5.74, 6) is -0.0403. The summed E-state index contributed by atoms with van der Waals surface area (Å²) >= 11 is 1.58. The molecule has 0 unspecified atom stereocenters. The van der Waals surface area contributed by atoms with Crippen molar-refractivity contribution in [3.8, 4) is 0 Å². The third-order valence-corrected chi connectivity index (χ3v) is 7.87. The maximum atomic E-state index is 12.3. The minimum absolute atomic E-state index is 0.0162. The molecule has 0 fully saturated rings. The van der Waals surface area contributed by atoms with Gasteiger partial charge in [0.2, 0.25) is 5.91 Å². The molecule has 1 aromatic carbocycles. The molecule has 1 rings (SSSR count). The molecule has 0 aromatic heterocycles. The van der Waals surface area contributed by atoms with E-state index in [-0.39, 0.29) is 18.5 Å². The second-order valence-corrected chi connectivity index (χ2v) is 12.0. The summed E-state index contributed by atoms with van der Waals surface area (Å²) in [5, 5.41) is 11.7. The molecule has 0 aliphatic carbocycles. The molecule has 7 nitrogen and oxygen atoms in total. The van der Waals surface area contributed by atoms with Crippen molar-refractivity contribution in [1.29, 1.82) is 0 Å². The van der Waals surface area contributed by atoms with Crippen LogP contribution in [-0.2, 0) is 14.2 Å². The Morgan fingerprint density at radius 1 is 0.743 bits per heavy atom. The van der Waals surface area contributed by atoms with Gasteiger partial charge in [-0.2, -0.15) is 0 Å². The summed E-state index contributed by atoms with van der Waals surface area (Å²) in [5.41, 5.74) is 0.805. The normalized spacial score (nSPS) is 11.5. The Bertz CT molecular complexity index is 770. The second-order valence-electron chi connectivity index (χ2n) is 9.12. The summed E-state index contributed by atoms with van der Waals surface area (Å²) in [6, 6.07) is 7.67. The average molecular weight is 530 g/mol. The molecule has 0 heterocycles. The van der Waals surface area contributed by atoms with Gasteiger partial charge in [-0.05, 0) is 37.1 Å². The van der Waals surface area contributed by atoms with E-state index in [2.05, 4.69) is 5.32 Å². The van der Waals surface area contributed by atoms with Crippen molar-refractivity contribution in [3.05, 3.63) is 24.3 Å². The number of carbonyl (C=O) groups is 2. The van der Waals surface area contributed by atoms with E-state index in [1.54, 1.807) is 11.8 Å². The number of amides is 1. The maximum absolute atomic E-state index is 12.3. The number of rotatable bonds is 22. The van der Waals surface area contributed by atoms with Crippen LogP contribution in [0, 0.1) is 0 Å². The highest BCUT2D eigenvalue weighted by Crippen LogP contribution is 2.35. The lowest BCUT2D eigenvalue weighted by Crippen LogP contribution is -2.11. The quantitative estimate of drug-likeness (QED) is 0.0710. The number of carboxylic acid groups (broad SMARTS) is 1. The third kappa shape index (κ3) is 19.5. The van der Waals surface area contributed by atoms with E-state index >= 15 is 0 Å². The monoisotopic (exact) mass is 529 g/mol. The van der Waals surface area contributed by atoms with Crippen LogP contribution in [0.3, 0.4) is 0 Å². The average Bonchev–Trinajstić information content (AvgIpc) is 2.79. The van der Waals surface area contributed by atoms with Crippen LogP contribution < -0.4 is 5.32 Å². The zero-order chi connectivity index (χ0) is 25.8. The summed E-state index contributed by atoms with van der Waals surface area (Å²) in [7, 11) is -3.81. The molecule has 1 amide bonds. The predicted molar refractivity (Wildman–Crippen MR) is 144 cm³/mol. The molecule has 9 heteroatoms. The smallest absolute Gasteiger partial charge is 0.325 e. The van der Waals surface area contributed by atoms with Gasteiger partial charge in [-0.3, -0.25) is 14.2 Å². The molecule has 0 aliphatic rings. The molecule has 35 heavy (non-hydrogen) atoms. The number of nitrogens with one attached hydrogen (secondary N) is 1. The van der Waals surface area contributed by atoms with Crippen molar-refractivity contribution < 1.29 is 29.0 Å². The molecule has 0 atom stereocenters. The van der Waals surface area contributed by atoms with Gasteiger partial charge in [0.05, 0.1) is 5.69 Å². The largest absolute Gasteiger partial charge is 0.481 e. The van der Waals surface area contributed by atoms with E-state index in [4.69, 9.17) is 14.9 Å². The predicted octanol–water partition coefficient (Wildman–Crippen LogP) is 7.22. The summed E-state index contributed by atoms with van der Waals surface area (Å²) in [6.45, 7) is 0. The molecule has 0 radical (unpaired) electrons. The second kappa shape index (κ2) is 19.8. The van der Waals surface area contributed by atoms with E-state index in [0.717, 1.165) is 49.1 Å². The highest BCUT2D eigenvalue weighted by Gasteiger charge is 2.11. The van der Waals surface area contributed by atoms with Crippen LogP contribution in [0.5, 0.6) is 0 Å². The summed E-state index contributed by atoms with van der Waals surface area (Å²) in [6.07, 6.45) is 15.5. The minimum Gasteiger partial charge on any atom is -0.481 e. The van der Waals surface area contributed by atoms with Crippen LogP contribution in [0.1, 0.15) is 103 Å². The SMILES string of the molecule is O=C(O)CCCSc1ccccc1NC(=O)CCCCCCCCCCCCCCCP(=O)(O)O. The first-order valence-electron chi connectivity index (χ1n) is 13.1. The third-order valence-electron chi connectivity index (χ3n) is 5.81. The zero-order valence-corrected chi connectivity index (χ0v) is 22.7. The Morgan fingerprint density at radius 2 is 1.26 bits per heavy atom. The molecular weight excluding hydrogens is 485 g/mol. The highest BCUT2D eigenvalue weighted by atomic mass is 32.2. The van der Waals surface area contributed by atoms with E-state index in [1.807, 2.05) is 24.3 Å². The van der Waals surface area contributed by atoms with Crippen molar-refractivity contribution in [1.82, 2.24) is 0 Å². The lowest BCUT2D eigenvalue weighted by Gasteiger charge is -2.10. The van der Waals surface area contributed by atoms with E-state index in [1.165, 1.54) is 38.5 Å². The zero-order valence-electron chi connectivity index (χ0n) is 21.0. The van der Waals surface area contributed by atoms with Crippen molar-refractivity contribution >= 4 is 36.9 Å². The summed E-state index contributed by atoms with van der Waals surface area (Å²) < 4.78 is 10.8. The number of benzene rings is 1. The van der Waals surface area contributed by atoms with Crippen LogP contribution in [0.2, 0.25) is 0 Å². The molecule has 200 valence electrons. The Kier molecular flexibility index (Phi) is 17.9. The van der Waals surface area contributed by atoms with Gasteiger partial charge in [0.25, 0.3) is 0 Å². The number of carbonyl (C=O) groups excluding carboxylic acids is 1. The number of thioether (sulfide) groups is 1. The van der Waals surface area contributed by atoms with Crippen molar-refractivity contribution in [2.45, 2.75) is 108 Å². The fourth-order valence-electron chi connectivity index (χ4n) is 3.86. The van der Waals surface area contributed by atoms with E-state index in [9.17, 15) is 14.2 Å². The van der Waals surface area contributed by atoms with Crippen molar-refractivity contribution in [2.24, 2.45) is 0 Å². The van der Waals surface area contributed by atoms with Crippen LogP contribution in [0.15, 0.2) is 29.2 Å². The standard InChI is InChI=1S/C26H44NO6PS/c28-25(27-23-17-13-14-18-24(23)35-22-16-20-26(29)30)19-12-10-8-6-4-2-1-3-5-7-9-11-15-21-34(31,32)33/h13-14,17-18H,1-12,15-16,19-22H2,(H,27,28)(H,29,30)(H2,31,32,33). The van der Waals surface area contributed by atoms with Gasteiger partial charge in [0.1, 0.15) is 0 Å². The van der Waals surface area contributed by atoms with Crippen LogP contribution >= 0.6 is 19.4 Å². The molecule has 0 saturated carbocycles. The number of hydrogen-bond acceptors (Lipinski definition) is 4. The highest BCUT2D eigenvalue weighted by molar-refractivity contribution is 7.99. The minimum atomic E-state index is -3.81. The molecule has 1 aromatic rings. The number of anilines is 1. The van der Waals surface area contributed by atoms with E-state index < -0.39 is 13.6 Å². The van der Waals surface area contributed by atoms with Crippen LogP contribution in [0.4, 0.5) is 5.69 Å². The fourth-order valence-corrected chi connectivity index (χ4v) is 5.46. The maximum Gasteiger partial charge on any atom is 0.325 e. The van der Waals surface area contributed by atoms with Gasteiger partial charge in [0.15, 0.2) is 0 Å². The topological polar surface area (TPSA) is 124 Å². The summed E-state index contributed by atoms with van der Waals surface area (Å²) in [4.78, 5) is 41.6. The molecule has 4 N–H and O–H groups in total. The Morgan fingerprint density at radius 3 is 1.80 bits per heavy atom. The Labute approximate surface area is 215 Å². The number of para-hydroxylation sites is 1. The lowest BCUT2D eigenvalue weighted by atomic mass is 10.0. The lowest BCUT2D eigenvalue weighted by molar-refractivity contribution is -0.137. The molecular formula is C26H44NO6PS. The number of hydrogen-bond donors (Lipinski definition) is 4. The molecule has 0 spiro atoms. The Hall–Kier alpha value is -1.34. The van der Waals surface area contributed by atoms with Crippen molar-refractivity contribution in [3.63, 3.8) is 0 Å². The van der Waals surface area contributed by atoms with Crippen LogP contribution in [0.25, 0.3) is 0 Å². The Balaban J connectivity index is 1.98. The molecule has 0 saturated heterocycles. The van der Waals surface area contributed by atoms with E-state index in [0.29, 0.717) is 25.0 Å². The fraction of sp³-hybridized carbons (Fsp3) is 0.692. The number of aliphatic carboxylic acids is 1. The van der Waals surface area contributed by atoms with Gasteiger partial charge in [-0.25, -0.2) is 0 Å². The van der Waals surface area contributed by atoms with Crippen molar-refractivity contribution in [2.75, 3.05) is 17.2 Å². The first-order chi connectivity index (χ1) is 16.8. The first kappa shape index (κ1) is 31.7. The van der Waals surface area contributed by atoms with Gasteiger partial charge in [0, 0.05) is 23.9 Å². The van der Waals surface area contributed by atoms with Gasteiger partial charge < -0.3 is 20.2 Å². The molecule has 0 bridgehead atoms. The van der Waals surface area contributed by atoms with Gasteiger partial charge >= 0.3 is 13.6 Å².